The molecule has 49 heavy (non-hydrogen) atoms. The summed E-state index contributed by atoms with van der Waals surface area (Å²) in [5.74, 6) is 0.0965. The summed E-state index contributed by atoms with van der Waals surface area (Å²) in [5, 5.41) is 8.32. The SMILES string of the molecule is CC(CC(N)=O)NOCc1ccccc1.Cc1cc(C)n(C(=O)CC(C)C)n1.Cc1cc(C)n(C(=O)CC(C)NOCc2ccccc2)n1. The molecule has 0 aliphatic heterocycles. The molecule has 2 heterocycles. The Morgan fingerprint density at radius 1 is 0.653 bits per heavy atom. The monoisotopic (exact) mass is 675 g/mol. The molecule has 0 aliphatic carbocycles. The van der Waals surface area contributed by atoms with Gasteiger partial charge in [0.25, 0.3) is 0 Å². The number of nitrogens with zero attached hydrogens (tertiary/aromatic N) is 4. The van der Waals surface area contributed by atoms with Crippen LogP contribution < -0.4 is 16.7 Å². The molecule has 0 radical (unpaired) electrons. The van der Waals surface area contributed by atoms with Crippen molar-refractivity contribution in [1.29, 1.82) is 0 Å². The smallest absolute Gasteiger partial charge is 0.248 e. The lowest BCUT2D eigenvalue weighted by molar-refractivity contribution is -0.119. The van der Waals surface area contributed by atoms with Crippen LogP contribution in [0.4, 0.5) is 0 Å². The summed E-state index contributed by atoms with van der Waals surface area (Å²) in [4.78, 5) is 44.9. The molecule has 1 amide bonds. The third-order valence-corrected chi connectivity index (χ3v) is 6.80. The molecule has 12 nitrogen and oxygen atoms in total. The Labute approximate surface area is 290 Å². The average molecular weight is 676 g/mol. The number of primary amides is 1. The van der Waals surface area contributed by atoms with Gasteiger partial charge < -0.3 is 5.73 Å². The van der Waals surface area contributed by atoms with E-state index in [1.54, 1.807) is 0 Å². The molecule has 2 atom stereocenters. The van der Waals surface area contributed by atoms with Gasteiger partial charge >= 0.3 is 0 Å². The molecule has 0 spiro atoms. The maximum Gasteiger partial charge on any atom is 0.248 e. The molecule has 2 aromatic carbocycles. The third kappa shape index (κ3) is 16.4. The van der Waals surface area contributed by atoms with Gasteiger partial charge in [0, 0.05) is 42.7 Å². The van der Waals surface area contributed by atoms with Gasteiger partial charge in [-0.05, 0) is 70.7 Å². The highest BCUT2D eigenvalue weighted by molar-refractivity contribution is 5.79. The van der Waals surface area contributed by atoms with E-state index in [4.69, 9.17) is 15.4 Å². The molecule has 266 valence electrons. The number of hydrogen-bond donors (Lipinski definition) is 3. The van der Waals surface area contributed by atoms with Crippen molar-refractivity contribution in [2.45, 2.75) is 99.9 Å². The van der Waals surface area contributed by atoms with Crippen LogP contribution in [0.5, 0.6) is 0 Å². The second kappa shape index (κ2) is 21.5. The highest BCUT2D eigenvalue weighted by atomic mass is 16.6. The number of amides is 1. The lowest BCUT2D eigenvalue weighted by Crippen LogP contribution is -2.31. The van der Waals surface area contributed by atoms with Crippen LogP contribution in [-0.4, -0.2) is 49.4 Å². The number of nitrogens with two attached hydrogens (primary N) is 1. The molecular formula is C37H53N7O5. The van der Waals surface area contributed by atoms with Crippen LogP contribution in [0, 0.1) is 33.6 Å². The van der Waals surface area contributed by atoms with Crippen molar-refractivity contribution < 1.29 is 24.1 Å². The number of hydrogen-bond acceptors (Lipinski definition) is 9. The maximum atomic E-state index is 12.1. The standard InChI is InChI=1S/C16H21N3O2.C11H16N2O2.C10H16N2O/c1-12-9-14(3)19(17-12)16(20)10-13(2)18-21-11-15-7-5-4-6-8-15;1-9(7-11(12)14)13-15-8-10-5-3-2-4-6-10;1-7(2)5-10(13)12-9(4)6-8(3)11-12/h4-9,13,18H,10-11H2,1-3H3;2-6,9,13H,7-8H2,1H3,(H2,12,14);6-7H,5H2,1-4H3. The van der Waals surface area contributed by atoms with Crippen LogP contribution in [0.1, 0.15) is 90.4 Å². The van der Waals surface area contributed by atoms with Gasteiger partial charge in [0.2, 0.25) is 17.7 Å². The summed E-state index contributed by atoms with van der Waals surface area (Å²) in [5.41, 5.74) is 16.4. The van der Waals surface area contributed by atoms with E-state index >= 15 is 0 Å². The minimum atomic E-state index is -0.335. The van der Waals surface area contributed by atoms with E-state index in [1.807, 2.05) is 128 Å². The highest BCUT2D eigenvalue weighted by Crippen LogP contribution is 2.08. The summed E-state index contributed by atoms with van der Waals surface area (Å²) in [6.45, 7) is 16.3. The van der Waals surface area contributed by atoms with Gasteiger partial charge in [-0.25, -0.2) is 9.36 Å². The van der Waals surface area contributed by atoms with E-state index in [0.717, 1.165) is 33.9 Å². The molecule has 2 unspecified atom stereocenters. The van der Waals surface area contributed by atoms with Crippen molar-refractivity contribution in [3.8, 4) is 0 Å². The fraction of sp³-hybridized carbons (Fsp3) is 0.432. The first-order chi connectivity index (χ1) is 23.2. The number of aromatic nitrogens is 4. The zero-order chi connectivity index (χ0) is 36.3. The molecule has 0 aliphatic rings. The fourth-order valence-electron chi connectivity index (χ4n) is 4.61. The van der Waals surface area contributed by atoms with E-state index in [0.29, 0.717) is 32.0 Å². The number of carbonyl (C=O) groups is 3. The molecule has 0 saturated carbocycles. The molecule has 4 N–H and O–H groups in total. The Morgan fingerprint density at radius 3 is 1.39 bits per heavy atom. The summed E-state index contributed by atoms with van der Waals surface area (Å²) in [6, 6.07) is 23.3. The molecule has 4 rings (SSSR count). The maximum absolute atomic E-state index is 12.1. The van der Waals surface area contributed by atoms with Gasteiger partial charge in [-0.15, -0.1) is 0 Å². The third-order valence-electron chi connectivity index (χ3n) is 6.80. The minimum Gasteiger partial charge on any atom is -0.370 e. The van der Waals surface area contributed by atoms with Gasteiger partial charge in [-0.1, -0.05) is 74.5 Å². The Morgan fingerprint density at radius 2 is 1.04 bits per heavy atom. The minimum absolute atomic E-state index is 0.0380. The molecule has 0 saturated heterocycles. The predicted octanol–water partition coefficient (Wildman–Crippen LogP) is 5.80. The first kappa shape index (κ1) is 40.7. The molecular weight excluding hydrogens is 622 g/mol. The fourth-order valence-corrected chi connectivity index (χ4v) is 4.61. The summed E-state index contributed by atoms with van der Waals surface area (Å²) < 4.78 is 2.94. The van der Waals surface area contributed by atoms with Crippen LogP contribution in [-0.2, 0) is 27.7 Å². The Bertz CT molecular complexity index is 1570. The predicted molar refractivity (Wildman–Crippen MR) is 190 cm³/mol. The number of carbonyl (C=O) groups excluding carboxylic acids is 3. The van der Waals surface area contributed by atoms with Crippen molar-refractivity contribution in [2.75, 3.05) is 0 Å². The topological polar surface area (TPSA) is 155 Å². The summed E-state index contributed by atoms with van der Waals surface area (Å²) in [6.07, 6.45) is 1.16. The van der Waals surface area contributed by atoms with Crippen LogP contribution in [0.2, 0.25) is 0 Å². The van der Waals surface area contributed by atoms with Crippen molar-refractivity contribution in [3.05, 3.63) is 107 Å². The second-order valence-electron chi connectivity index (χ2n) is 12.5. The van der Waals surface area contributed by atoms with Crippen molar-refractivity contribution in [2.24, 2.45) is 11.7 Å². The molecule has 0 fully saturated rings. The zero-order valence-electron chi connectivity index (χ0n) is 30.1. The largest absolute Gasteiger partial charge is 0.370 e. The Hall–Kier alpha value is -4.49. The normalized spacial score (nSPS) is 11.9. The van der Waals surface area contributed by atoms with Crippen LogP contribution in [0.3, 0.4) is 0 Å². The molecule has 4 aromatic rings. The van der Waals surface area contributed by atoms with E-state index < -0.39 is 0 Å². The lowest BCUT2D eigenvalue weighted by atomic mass is 10.1. The Balaban J connectivity index is 0.000000265. The average Bonchev–Trinajstić information content (AvgIpc) is 3.56. The van der Waals surface area contributed by atoms with Crippen LogP contribution >= 0.6 is 0 Å². The van der Waals surface area contributed by atoms with E-state index in [9.17, 15) is 14.4 Å². The number of hydroxylamine groups is 2. The van der Waals surface area contributed by atoms with Crippen molar-refractivity contribution in [1.82, 2.24) is 30.5 Å². The van der Waals surface area contributed by atoms with Gasteiger partial charge in [0.1, 0.15) is 0 Å². The molecule has 2 aromatic heterocycles. The lowest BCUT2D eigenvalue weighted by Gasteiger charge is -2.13. The van der Waals surface area contributed by atoms with Crippen molar-refractivity contribution in [3.63, 3.8) is 0 Å². The first-order valence-corrected chi connectivity index (χ1v) is 16.5. The quantitative estimate of drug-likeness (QED) is 0.141. The van der Waals surface area contributed by atoms with E-state index in [2.05, 4.69) is 21.2 Å². The van der Waals surface area contributed by atoms with Gasteiger partial charge in [-0.3, -0.25) is 24.1 Å². The molecule has 12 heteroatoms. The summed E-state index contributed by atoms with van der Waals surface area (Å²) >= 11 is 0. The van der Waals surface area contributed by atoms with Crippen LogP contribution in [0.25, 0.3) is 0 Å². The Kier molecular flexibility index (Phi) is 17.8. The molecule has 0 bridgehead atoms. The zero-order valence-corrected chi connectivity index (χ0v) is 30.1. The number of aryl methyl sites for hydroxylation is 4. The number of rotatable bonds is 14. The van der Waals surface area contributed by atoms with Crippen LogP contribution in [0.15, 0.2) is 72.8 Å². The van der Waals surface area contributed by atoms with E-state index in [-0.39, 0.29) is 36.2 Å². The van der Waals surface area contributed by atoms with Gasteiger partial charge in [0.15, 0.2) is 0 Å². The van der Waals surface area contributed by atoms with Gasteiger partial charge in [-0.2, -0.15) is 21.2 Å². The number of nitrogens with one attached hydrogen (secondary N) is 2. The number of benzene rings is 2. The van der Waals surface area contributed by atoms with E-state index in [1.165, 1.54) is 9.36 Å². The highest BCUT2D eigenvalue weighted by Gasteiger charge is 2.14. The van der Waals surface area contributed by atoms with Gasteiger partial charge in [0.05, 0.1) is 24.6 Å². The first-order valence-electron chi connectivity index (χ1n) is 16.5. The second-order valence-corrected chi connectivity index (χ2v) is 12.5. The summed E-state index contributed by atoms with van der Waals surface area (Å²) in [7, 11) is 0. The van der Waals surface area contributed by atoms with Crippen molar-refractivity contribution >= 4 is 17.7 Å².